The van der Waals surface area contributed by atoms with E-state index in [4.69, 9.17) is 15.6 Å². The Labute approximate surface area is 317 Å². The molecule has 2 aromatic carbocycles. The van der Waals surface area contributed by atoms with E-state index in [-0.39, 0.29) is 64.4 Å². The number of hydrogen-bond donors (Lipinski definition) is 7. The molecule has 3 aliphatic rings. The number of amides is 6. The Kier molecular flexibility index (Phi) is 13.9. The second-order valence-corrected chi connectivity index (χ2v) is 14.0. The molecule has 55 heavy (non-hydrogen) atoms. The van der Waals surface area contributed by atoms with Crippen LogP contribution in [0, 0.1) is 5.92 Å². The van der Waals surface area contributed by atoms with Crippen LogP contribution in [0.1, 0.15) is 30.4 Å². The molecule has 0 radical (unpaired) electrons. The number of aromatic amines is 1. The Hall–Kier alpha value is -5.81. The van der Waals surface area contributed by atoms with E-state index in [1.807, 2.05) is 59.5 Å². The van der Waals surface area contributed by atoms with Gasteiger partial charge >= 0.3 is 0 Å². The van der Waals surface area contributed by atoms with Crippen molar-refractivity contribution in [3.05, 3.63) is 71.9 Å². The first-order valence-electron chi connectivity index (χ1n) is 18.3. The van der Waals surface area contributed by atoms with Gasteiger partial charge in [0.05, 0.1) is 19.2 Å². The lowest BCUT2D eigenvalue weighted by atomic mass is 9.95. The highest BCUT2D eigenvalue weighted by atomic mass is 16.3. The number of rotatable bonds is 7. The molecular formula is C38H48N8O9. The average Bonchev–Trinajstić information content (AvgIpc) is 3.77. The summed E-state index contributed by atoms with van der Waals surface area (Å²) in [5.41, 5.74) is 7.78. The maximum absolute atomic E-state index is 14.4. The Bertz CT molecular complexity index is 1850. The number of carbonyl (C=O) groups excluding carboxylic acids is 6. The van der Waals surface area contributed by atoms with Gasteiger partial charge < -0.3 is 46.7 Å². The number of para-hydroxylation sites is 1. The van der Waals surface area contributed by atoms with Crippen molar-refractivity contribution >= 4 is 52.8 Å². The number of nitrogens with zero attached hydrogens (tertiary/aromatic N) is 3. The lowest BCUT2D eigenvalue weighted by Gasteiger charge is -2.34. The van der Waals surface area contributed by atoms with E-state index in [2.05, 4.69) is 20.9 Å². The van der Waals surface area contributed by atoms with E-state index in [0.717, 1.165) is 22.0 Å². The van der Waals surface area contributed by atoms with Gasteiger partial charge in [0.25, 0.3) is 6.47 Å². The predicted molar refractivity (Wildman–Crippen MR) is 199 cm³/mol. The quantitative estimate of drug-likeness (QED) is 0.141. The first-order valence-corrected chi connectivity index (χ1v) is 18.3. The number of carbonyl (C=O) groups is 7. The van der Waals surface area contributed by atoms with Gasteiger partial charge in [0, 0.05) is 61.9 Å². The van der Waals surface area contributed by atoms with Gasteiger partial charge in [-0.05, 0) is 43.1 Å². The van der Waals surface area contributed by atoms with Crippen molar-refractivity contribution in [2.24, 2.45) is 11.7 Å². The van der Waals surface area contributed by atoms with Gasteiger partial charge in [-0.25, -0.2) is 0 Å². The smallest absolute Gasteiger partial charge is 0.290 e. The second-order valence-electron chi connectivity index (χ2n) is 14.0. The number of piperidine rings is 1. The minimum atomic E-state index is -1.13. The summed E-state index contributed by atoms with van der Waals surface area (Å²) in [4.78, 5) is 97.2. The van der Waals surface area contributed by atoms with E-state index in [9.17, 15) is 33.9 Å². The molecule has 17 heteroatoms. The SMILES string of the molecule is NC(=O)CN1CCC(C(=O)N2CCNC(=O)[C@H](Cc3ccccc3)NC(=O)[C@@H]3C[C@@H](O)CN3C(=O)[C@@H](Cc3c[nH]c4ccccc34)NC(=O)C2)CC1.O=CO. The zero-order valence-electron chi connectivity index (χ0n) is 30.4. The molecule has 0 spiro atoms. The molecule has 17 nitrogen and oxygen atoms in total. The van der Waals surface area contributed by atoms with Gasteiger partial charge in [0.1, 0.15) is 18.1 Å². The third-order valence-electron chi connectivity index (χ3n) is 10.2. The Morgan fingerprint density at radius 3 is 2.29 bits per heavy atom. The van der Waals surface area contributed by atoms with Crippen LogP contribution >= 0.6 is 0 Å². The normalized spacial score (nSPS) is 23.3. The van der Waals surface area contributed by atoms with Crippen molar-refractivity contribution in [1.29, 1.82) is 0 Å². The van der Waals surface area contributed by atoms with Gasteiger partial charge in [-0.3, -0.25) is 38.5 Å². The molecule has 6 amide bonds. The fraction of sp³-hybridized carbons (Fsp3) is 0.447. The summed E-state index contributed by atoms with van der Waals surface area (Å²) in [6, 6.07) is 13.5. The number of aliphatic hydroxyl groups is 1. The third-order valence-corrected chi connectivity index (χ3v) is 10.2. The van der Waals surface area contributed by atoms with Crippen LogP contribution in [0.2, 0.25) is 0 Å². The maximum Gasteiger partial charge on any atom is 0.290 e. The Morgan fingerprint density at radius 2 is 1.58 bits per heavy atom. The predicted octanol–water partition coefficient (Wildman–Crippen LogP) is -1.26. The summed E-state index contributed by atoms with van der Waals surface area (Å²) < 4.78 is 0. The van der Waals surface area contributed by atoms with Crippen LogP contribution in [0.3, 0.4) is 0 Å². The number of benzene rings is 2. The van der Waals surface area contributed by atoms with Crippen molar-refractivity contribution < 1.29 is 43.8 Å². The van der Waals surface area contributed by atoms with Gasteiger partial charge in [0.2, 0.25) is 35.4 Å². The number of aromatic nitrogens is 1. The monoisotopic (exact) mass is 760 g/mol. The highest BCUT2D eigenvalue weighted by molar-refractivity contribution is 5.96. The molecule has 3 aliphatic heterocycles. The first kappa shape index (κ1) is 40.4. The Balaban J connectivity index is 0.00000187. The van der Waals surface area contributed by atoms with Crippen molar-refractivity contribution in [2.45, 2.75) is 56.3 Å². The largest absolute Gasteiger partial charge is 0.483 e. The van der Waals surface area contributed by atoms with Crippen LogP contribution in [-0.2, 0) is 46.4 Å². The van der Waals surface area contributed by atoms with Crippen LogP contribution in [0.25, 0.3) is 10.9 Å². The topological polar surface area (TPSA) is 248 Å². The van der Waals surface area contributed by atoms with Gasteiger partial charge in [-0.15, -0.1) is 0 Å². The van der Waals surface area contributed by atoms with Crippen LogP contribution in [0.5, 0.6) is 0 Å². The summed E-state index contributed by atoms with van der Waals surface area (Å²) >= 11 is 0. The van der Waals surface area contributed by atoms with Gasteiger partial charge in [-0.1, -0.05) is 48.5 Å². The molecule has 3 saturated heterocycles. The highest BCUT2D eigenvalue weighted by Gasteiger charge is 2.43. The average molecular weight is 761 g/mol. The number of primary amides is 1. The number of nitrogens with two attached hydrogens (primary N) is 1. The molecule has 0 aliphatic carbocycles. The van der Waals surface area contributed by atoms with E-state index in [1.165, 1.54) is 9.80 Å². The fourth-order valence-corrected chi connectivity index (χ4v) is 7.49. The molecule has 3 fully saturated rings. The van der Waals surface area contributed by atoms with Crippen molar-refractivity contribution in [3.63, 3.8) is 0 Å². The number of nitrogens with one attached hydrogen (secondary N) is 4. The van der Waals surface area contributed by atoms with Crippen LogP contribution in [0.4, 0.5) is 0 Å². The molecule has 0 unspecified atom stereocenters. The number of carboxylic acid groups (broad SMARTS) is 1. The van der Waals surface area contributed by atoms with Crippen LogP contribution in [-0.4, -0.2) is 142 Å². The van der Waals surface area contributed by atoms with E-state index < -0.39 is 59.7 Å². The lowest BCUT2D eigenvalue weighted by molar-refractivity contribution is -0.143. The van der Waals surface area contributed by atoms with E-state index >= 15 is 0 Å². The maximum atomic E-state index is 14.4. The highest BCUT2D eigenvalue weighted by Crippen LogP contribution is 2.24. The standard InChI is InChI=1S/C37H46N8O7.CH2O2/c38-32(47)21-43-13-10-24(11-14-43)36(51)44-15-12-39-34(49)29(16-23-6-2-1-3-7-23)42-35(50)31-18-26(46)20-45(31)37(52)30(41-33(48)22-44)17-25-19-40-28-9-5-4-8-27(25)28;2-1-3/h1-9,19,24,26,29-31,40,46H,10-18,20-22H2,(H2,38,47)(H,39,49)(H,41,48)(H,42,50);1H,(H,2,3)/t26-,29+,30-,31+;/m1./s1. The molecule has 3 aromatic rings. The minimum absolute atomic E-state index is 0.00546. The third kappa shape index (κ3) is 10.7. The summed E-state index contributed by atoms with van der Waals surface area (Å²) in [7, 11) is 0. The van der Waals surface area contributed by atoms with Gasteiger partial charge in [0.15, 0.2) is 0 Å². The number of likely N-dealkylation sites (tertiary alicyclic amines) is 1. The number of fused-ring (bicyclic) bond motifs is 2. The second kappa shape index (κ2) is 19.0. The number of H-pyrrole nitrogens is 1. The van der Waals surface area contributed by atoms with Crippen LogP contribution < -0.4 is 21.7 Å². The minimum Gasteiger partial charge on any atom is -0.483 e. The first-order chi connectivity index (χ1) is 26.5. The van der Waals surface area contributed by atoms with Gasteiger partial charge in [-0.2, -0.15) is 0 Å². The molecule has 1 aromatic heterocycles. The molecule has 4 heterocycles. The van der Waals surface area contributed by atoms with Crippen LogP contribution in [0.15, 0.2) is 60.8 Å². The molecule has 4 atom stereocenters. The summed E-state index contributed by atoms with van der Waals surface area (Å²) in [6.45, 7) is 0.331. The number of hydrogen-bond acceptors (Lipinski definition) is 9. The lowest BCUT2D eigenvalue weighted by Crippen LogP contribution is -2.57. The molecule has 6 rings (SSSR count). The molecule has 0 bridgehead atoms. The van der Waals surface area contributed by atoms with E-state index in [1.54, 1.807) is 6.20 Å². The number of aliphatic hydroxyl groups excluding tert-OH is 1. The Morgan fingerprint density at radius 1 is 0.891 bits per heavy atom. The summed E-state index contributed by atoms with van der Waals surface area (Å²) in [5.74, 6) is -3.37. The van der Waals surface area contributed by atoms with Crippen molar-refractivity contribution in [1.82, 2.24) is 35.6 Å². The molecule has 8 N–H and O–H groups in total. The molecular weight excluding hydrogens is 712 g/mol. The fourth-order valence-electron chi connectivity index (χ4n) is 7.49. The summed E-state index contributed by atoms with van der Waals surface area (Å²) in [6.07, 6.45) is 1.91. The van der Waals surface area contributed by atoms with E-state index in [0.29, 0.717) is 25.9 Å². The summed E-state index contributed by atoms with van der Waals surface area (Å²) in [5, 5.41) is 27.0. The molecule has 294 valence electrons. The zero-order chi connectivity index (χ0) is 39.5. The zero-order valence-corrected chi connectivity index (χ0v) is 30.4. The molecule has 0 saturated carbocycles. The van der Waals surface area contributed by atoms with Crippen molar-refractivity contribution in [2.75, 3.05) is 45.8 Å². The van der Waals surface area contributed by atoms with Crippen molar-refractivity contribution in [3.8, 4) is 0 Å².